The molecule has 1 aliphatic rings. The van der Waals surface area contributed by atoms with Crippen molar-refractivity contribution in [2.75, 3.05) is 19.6 Å². The smallest absolute Gasteiger partial charge is 0.241 e. The zero-order valence-corrected chi connectivity index (χ0v) is 13.0. The van der Waals surface area contributed by atoms with E-state index >= 15 is 0 Å². The summed E-state index contributed by atoms with van der Waals surface area (Å²) in [4.78, 5) is 27.8. The van der Waals surface area contributed by atoms with Crippen molar-refractivity contribution in [3.05, 3.63) is 35.6 Å². The highest BCUT2D eigenvalue weighted by atomic mass is 19.1. The molecule has 0 radical (unpaired) electrons. The number of halogens is 1. The summed E-state index contributed by atoms with van der Waals surface area (Å²) in [7, 11) is 0. The van der Waals surface area contributed by atoms with Crippen LogP contribution in [0.2, 0.25) is 0 Å². The van der Waals surface area contributed by atoms with E-state index in [4.69, 9.17) is 5.73 Å². The fourth-order valence-corrected chi connectivity index (χ4v) is 2.69. The molecule has 0 bridgehead atoms. The number of rotatable bonds is 4. The third-order valence-electron chi connectivity index (χ3n) is 4.06. The second kappa shape index (κ2) is 6.87. The minimum atomic E-state index is -0.607. The van der Waals surface area contributed by atoms with Crippen LogP contribution in [0.25, 0.3) is 0 Å². The topological polar surface area (TPSA) is 66.6 Å². The second-order valence-electron chi connectivity index (χ2n) is 5.90. The summed E-state index contributed by atoms with van der Waals surface area (Å²) in [5.41, 5.74) is 6.18. The summed E-state index contributed by atoms with van der Waals surface area (Å²) >= 11 is 0. The molecule has 1 aromatic carbocycles. The first kappa shape index (κ1) is 16.4. The average Bonchev–Trinajstić information content (AvgIpc) is 2.48. The Morgan fingerprint density at radius 3 is 2.45 bits per heavy atom. The van der Waals surface area contributed by atoms with Gasteiger partial charge in [-0.3, -0.25) is 14.5 Å². The summed E-state index contributed by atoms with van der Waals surface area (Å²) in [6.45, 7) is 5.76. The van der Waals surface area contributed by atoms with Crippen molar-refractivity contribution < 1.29 is 14.0 Å². The monoisotopic (exact) mass is 307 g/mol. The quantitative estimate of drug-likeness (QED) is 0.894. The molecule has 6 heteroatoms. The van der Waals surface area contributed by atoms with E-state index in [1.54, 1.807) is 17.0 Å². The van der Waals surface area contributed by atoms with Gasteiger partial charge in [-0.1, -0.05) is 12.1 Å². The Balaban J connectivity index is 2.07. The maximum Gasteiger partial charge on any atom is 0.241 e. The van der Waals surface area contributed by atoms with Gasteiger partial charge < -0.3 is 10.6 Å². The third kappa shape index (κ3) is 3.82. The van der Waals surface area contributed by atoms with E-state index < -0.39 is 11.9 Å². The van der Waals surface area contributed by atoms with Crippen molar-refractivity contribution >= 4 is 11.8 Å². The van der Waals surface area contributed by atoms with Crippen molar-refractivity contribution in [2.45, 2.75) is 32.4 Å². The molecule has 1 aromatic rings. The lowest BCUT2D eigenvalue weighted by molar-refractivity contribution is -0.142. The second-order valence-corrected chi connectivity index (χ2v) is 5.90. The van der Waals surface area contributed by atoms with Gasteiger partial charge >= 0.3 is 0 Å². The Kier molecular flexibility index (Phi) is 5.13. The van der Waals surface area contributed by atoms with E-state index in [1.807, 2.05) is 13.8 Å². The van der Waals surface area contributed by atoms with Gasteiger partial charge in [0.25, 0.3) is 0 Å². The minimum absolute atomic E-state index is 0.145. The van der Waals surface area contributed by atoms with Gasteiger partial charge in [-0.05, 0) is 31.5 Å². The highest BCUT2D eigenvalue weighted by molar-refractivity contribution is 5.88. The number of hydrogen-bond acceptors (Lipinski definition) is 3. The van der Waals surface area contributed by atoms with E-state index in [0.29, 0.717) is 19.1 Å². The Hall–Kier alpha value is -1.95. The Morgan fingerprint density at radius 1 is 1.27 bits per heavy atom. The number of carbonyl (C=O) groups excluding carboxylic acids is 2. The van der Waals surface area contributed by atoms with Gasteiger partial charge in [0, 0.05) is 25.7 Å². The van der Waals surface area contributed by atoms with Gasteiger partial charge in [0.2, 0.25) is 11.8 Å². The first-order chi connectivity index (χ1) is 10.4. The van der Waals surface area contributed by atoms with Crippen molar-refractivity contribution in [1.29, 1.82) is 0 Å². The summed E-state index contributed by atoms with van der Waals surface area (Å²) in [6.07, 6.45) is 0.145. The van der Waals surface area contributed by atoms with Crippen LogP contribution >= 0.6 is 0 Å². The maximum absolute atomic E-state index is 12.9. The summed E-state index contributed by atoms with van der Waals surface area (Å²) in [6, 6.07) is 5.50. The first-order valence-electron chi connectivity index (χ1n) is 7.45. The normalized spacial score (nSPS) is 19.5. The highest BCUT2D eigenvalue weighted by Crippen LogP contribution is 2.15. The SMILES string of the molecule is CC(C)N1CCN(C(=O)Cc2ccc(F)cc2)[C@H](C(N)=O)C1. The highest BCUT2D eigenvalue weighted by Gasteiger charge is 2.34. The van der Waals surface area contributed by atoms with E-state index in [1.165, 1.54) is 12.1 Å². The molecule has 0 aliphatic carbocycles. The molecule has 2 amide bonds. The van der Waals surface area contributed by atoms with Gasteiger partial charge in [-0.25, -0.2) is 4.39 Å². The van der Waals surface area contributed by atoms with Gasteiger partial charge in [0.1, 0.15) is 11.9 Å². The summed E-state index contributed by atoms with van der Waals surface area (Å²) in [5.74, 6) is -0.978. The molecule has 120 valence electrons. The number of primary amides is 1. The van der Waals surface area contributed by atoms with Gasteiger partial charge in [-0.2, -0.15) is 0 Å². The maximum atomic E-state index is 12.9. The predicted molar refractivity (Wildman–Crippen MR) is 81.5 cm³/mol. The molecule has 1 fully saturated rings. The molecule has 0 saturated carbocycles. The van der Waals surface area contributed by atoms with Crippen LogP contribution in [-0.4, -0.2) is 53.3 Å². The number of amides is 2. The van der Waals surface area contributed by atoms with Crippen LogP contribution in [0.1, 0.15) is 19.4 Å². The molecule has 1 saturated heterocycles. The van der Waals surface area contributed by atoms with Crippen molar-refractivity contribution in [3.8, 4) is 0 Å². The molecule has 0 spiro atoms. The number of hydrogen-bond donors (Lipinski definition) is 1. The first-order valence-corrected chi connectivity index (χ1v) is 7.45. The molecular formula is C16H22FN3O2. The number of carbonyl (C=O) groups is 2. The number of benzene rings is 1. The number of piperazine rings is 1. The van der Waals surface area contributed by atoms with Crippen LogP contribution in [0.15, 0.2) is 24.3 Å². The van der Waals surface area contributed by atoms with Crippen LogP contribution in [-0.2, 0) is 16.0 Å². The number of nitrogens with two attached hydrogens (primary N) is 1. The van der Waals surface area contributed by atoms with Crippen LogP contribution in [0.5, 0.6) is 0 Å². The lowest BCUT2D eigenvalue weighted by atomic mass is 10.1. The Bertz CT molecular complexity index is 545. The van der Waals surface area contributed by atoms with Crippen LogP contribution in [0.3, 0.4) is 0 Å². The summed E-state index contributed by atoms with van der Waals surface area (Å²) in [5, 5.41) is 0. The van der Waals surface area contributed by atoms with Crippen molar-refractivity contribution in [2.24, 2.45) is 5.73 Å². The molecule has 0 aromatic heterocycles. The molecule has 1 aliphatic heterocycles. The lowest BCUT2D eigenvalue weighted by Crippen LogP contribution is -2.61. The molecule has 2 N–H and O–H groups in total. The van der Waals surface area contributed by atoms with E-state index in [-0.39, 0.29) is 18.1 Å². The minimum Gasteiger partial charge on any atom is -0.368 e. The standard InChI is InChI=1S/C16H22FN3O2/c1-11(2)19-7-8-20(14(10-19)16(18)22)15(21)9-12-3-5-13(17)6-4-12/h3-6,11,14H,7-10H2,1-2H3,(H2,18,22)/t14-/m0/s1. The van der Waals surface area contributed by atoms with E-state index in [9.17, 15) is 14.0 Å². The summed E-state index contributed by atoms with van der Waals surface area (Å²) < 4.78 is 12.9. The largest absolute Gasteiger partial charge is 0.368 e. The fraction of sp³-hybridized carbons (Fsp3) is 0.500. The Labute approximate surface area is 129 Å². The lowest BCUT2D eigenvalue weighted by Gasteiger charge is -2.41. The van der Waals surface area contributed by atoms with Crippen LogP contribution in [0.4, 0.5) is 4.39 Å². The molecule has 0 unspecified atom stereocenters. The zero-order chi connectivity index (χ0) is 16.3. The molecular weight excluding hydrogens is 285 g/mol. The Morgan fingerprint density at radius 2 is 1.91 bits per heavy atom. The van der Waals surface area contributed by atoms with E-state index in [2.05, 4.69) is 4.90 Å². The van der Waals surface area contributed by atoms with E-state index in [0.717, 1.165) is 12.1 Å². The third-order valence-corrected chi connectivity index (χ3v) is 4.06. The van der Waals surface area contributed by atoms with Gasteiger partial charge in [-0.15, -0.1) is 0 Å². The van der Waals surface area contributed by atoms with Crippen LogP contribution in [0, 0.1) is 5.82 Å². The van der Waals surface area contributed by atoms with Gasteiger partial charge in [0.15, 0.2) is 0 Å². The molecule has 5 nitrogen and oxygen atoms in total. The predicted octanol–water partition coefficient (Wildman–Crippen LogP) is 0.775. The van der Waals surface area contributed by atoms with Crippen LogP contribution < -0.4 is 5.73 Å². The van der Waals surface area contributed by atoms with Crippen molar-refractivity contribution in [3.63, 3.8) is 0 Å². The molecule has 1 atom stereocenters. The van der Waals surface area contributed by atoms with Gasteiger partial charge in [0.05, 0.1) is 6.42 Å². The average molecular weight is 307 g/mol. The molecule has 2 rings (SSSR count). The number of nitrogens with zero attached hydrogens (tertiary/aromatic N) is 2. The molecule has 22 heavy (non-hydrogen) atoms. The zero-order valence-electron chi connectivity index (χ0n) is 13.0. The molecule has 1 heterocycles. The fourth-order valence-electron chi connectivity index (χ4n) is 2.69. The van der Waals surface area contributed by atoms with Crippen molar-refractivity contribution in [1.82, 2.24) is 9.80 Å².